The average Bonchev–Trinajstić information content (AvgIpc) is 2.68. The molecule has 0 atom stereocenters. The fraction of sp³-hybridized carbons (Fsp3) is 0.300. The monoisotopic (exact) mass is 355 g/mol. The van der Waals surface area contributed by atoms with E-state index >= 15 is 0 Å². The van der Waals surface area contributed by atoms with Crippen LogP contribution in [-0.4, -0.2) is 35.8 Å². The molecule has 0 unspecified atom stereocenters. The highest BCUT2D eigenvalue weighted by Crippen LogP contribution is 2.16. The zero-order valence-electron chi connectivity index (χ0n) is 14.5. The zero-order valence-corrected chi connectivity index (χ0v) is 14.5. The molecule has 0 radical (unpaired) electrons. The minimum atomic E-state index is -0.506. The van der Waals surface area contributed by atoms with Crippen LogP contribution < -0.4 is 11.1 Å². The molecule has 5 nitrogen and oxygen atoms in total. The summed E-state index contributed by atoms with van der Waals surface area (Å²) in [6.07, 6.45) is 1.29. The number of hydrogen-bond acceptors (Lipinski definition) is 3. The summed E-state index contributed by atoms with van der Waals surface area (Å²) in [6, 6.07) is 13.2. The van der Waals surface area contributed by atoms with Crippen molar-refractivity contribution < 1.29 is 14.0 Å². The molecule has 26 heavy (non-hydrogen) atoms. The fourth-order valence-corrected chi connectivity index (χ4v) is 3.09. The summed E-state index contributed by atoms with van der Waals surface area (Å²) in [5.41, 5.74) is 7.21. The fourth-order valence-electron chi connectivity index (χ4n) is 3.09. The van der Waals surface area contributed by atoms with Crippen LogP contribution in [0.4, 0.5) is 4.39 Å². The van der Waals surface area contributed by atoms with E-state index in [4.69, 9.17) is 5.73 Å². The van der Waals surface area contributed by atoms with E-state index in [1.807, 2.05) is 12.1 Å². The molecule has 2 aromatic carbocycles. The van der Waals surface area contributed by atoms with E-state index in [1.54, 1.807) is 29.2 Å². The van der Waals surface area contributed by atoms with Crippen LogP contribution in [0.15, 0.2) is 48.5 Å². The summed E-state index contributed by atoms with van der Waals surface area (Å²) in [6.45, 7) is 1.42. The lowest BCUT2D eigenvalue weighted by Gasteiger charge is -2.32. The number of nitrogens with two attached hydrogens (primary N) is 1. The summed E-state index contributed by atoms with van der Waals surface area (Å²) in [4.78, 5) is 26.4. The van der Waals surface area contributed by atoms with E-state index in [9.17, 15) is 14.0 Å². The second kappa shape index (κ2) is 8.10. The quantitative estimate of drug-likeness (QED) is 0.884. The van der Waals surface area contributed by atoms with Gasteiger partial charge in [0.1, 0.15) is 5.82 Å². The number of carbonyl (C=O) groups is 2. The maximum atomic E-state index is 13.8. The predicted octanol–water partition coefficient (Wildman–Crippen LogP) is 2.32. The highest BCUT2D eigenvalue weighted by atomic mass is 19.1. The third-order valence-corrected chi connectivity index (χ3v) is 4.67. The van der Waals surface area contributed by atoms with Crippen molar-refractivity contribution in [3.05, 3.63) is 71.0 Å². The molecule has 1 heterocycles. The third-order valence-electron chi connectivity index (χ3n) is 4.67. The van der Waals surface area contributed by atoms with Gasteiger partial charge in [0.05, 0.1) is 5.56 Å². The number of likely N-dealkylation sites (tertiary alicyclic amines) is 1. The highest BCUT2D eigenvalue weighted by Gasteiger charge is 2.26. The predicted molar refractivity (Wildman–Crippen MR) is 97.1 cm³/mol. The van der Waals surface area contributed by atoms with Crippen molar-refractivity contribution in [2.24, 2.45) is 5.73 Å². The molecule has 1 aliphatic rings. The molecule has 0 spiro atoms. The van der Waals surface area contributed by atoms with Gasteiger partial charge in [-0.25, -0.2) is 4.39 Å². The molecule has 0 aromatic heterocycles. The van der Waals surface area contributed by atoms with Gasteiger partial charge in [-0.1, -0.05) is 24.3 Å². The van der Waals surface area contributed by atoms with Crippen LogP contribution in [0, 0.1) is 5.82 Å². The van der Waals surface area contributed by atoms with Gasteiger partial charge in [-0.15, -0.1) is 0 Å². The van der Waals surface area contributed by atoms with E-state index in [2.05, 4.69) is 5.32 Å². The Bertz CT molecular complexity index is 784. The number of amides is 2. The molecule has 1 aliphatic heterocycles. The van der Waals surface area contributed by atoms with Crippen molar-refractivity contribution in [1.82, 2.24) is 10.2 Å². The molecule has 2 amide bonds. The van der Waals surface area contributed by atoms with Crippen molar-refractivity contribution in [2.45, 2.75) is 25.4 Å². The Hall–Kier alpha value is -2.73. The van der Waals surface area contributed by atoms with Gasteiger partial charge in [0.25, 0.3) is 11.8 Å². The number of piperidine rings is 1. The summed E-state index contributed by atoms with van der Waals surface area (Å²) in [5, 5.41) is 3.00. The van der Waals surface area contributed by atoms with Crippen molar-refractivity contribution in [1.29, 1.82) is 0 Å². The van der Waals surface area contributed by atoms with Crippen LogP contribution in [0.25, 0.3) is 0 Å². The molecule has 0 saturated carbocycles. The highest BCUT2D eigenvalue weighted by molar-refractivity contribution is 5.95. The summed E-state index contributed by atoms with van der Waals surface area (Å²) in [5.74, 6) is -0.938. The normalized spacial score (nSPS) is 14.9. The minimum Gasteiger partial charge on any atom is -0.349 e. The van der Waals surface area contributed by atoms with Crippen LogP contribution in [0.2, 0.25) is 0 Å². The summed E-state index contributed by atoms with van der Waals surface area (Å²) in [7, 11) is 0. The van der Waals surface area contributed by atoms with Gasteiger partial charge < -0.3 is 16.0 Å². The molecule has 0 bridgehead atoms. The maximum absolute atomic E-state index is 13.8. The first kappa shape index (κ1) is 18.1. The first-order valence-corrected chi connectivity index (χ1v) is 8.72. The van der Waals surface area contributed by atoms with E-state index in [1.165, 1.54) is 12.1 Å². The lowest BCUT2D eigenvalue weighted by molar-refractivity contribution is 0.0693. The van der Waals surface area contributed by atoms with Crippen molar-refractivity contribution in [3.8, 4) is 0 Å². The van der Waals surface area contributed by atoms with Gasteiger partial charge in [0.15, 0.2) is 0 Å². The first-order valence-electron chi connectivity index (χ1n) is 8.72. The maximum Gasteiger partial charge on any atom is 0.256 e. The number of nitrogens with one attached hydrogen (secondary N) is 1. The van der Waals surface area contributed by atoms with E-state index in [-0.39, 0.29) is 23.4 Å². The smallest absolute Gasteiger partial charge is 0.256 e. The number of hydrogen-bond donors (Lipinski definition) is 2. The van der Waals surface area contributed by atoms with E-state index < -0.39 is 5.82 Å². The topological polar surface area (TPSA) is 75.4 Å². The SMILES string of the molecule is NCc1ccc(C(=O)NC2CCN(C(=O)c3ccccc3F)CC2)cc1. The second-order valence-electron chi connectivity index (χ2n) is 6.42. The molecule has 3 N–H and O–H groups in total. The Labute approximate surface area is 152 Å². The Balaban J connectivity index is 1.54. The molecule has 0 aliphatic carbocycles. The largest absolute Gasteiger partial charge is 0.349 e. The lowest BCUT2D eigenvalue weighted by Crippen LogP contribution is -2.46. The second-order valence-corrected chi connectivity index (χ2v) is 6.42. The van der Waals surface area contributed by atoms with Crippen LogP contribution in [0.3, 0.4) is 0 Å². The number of carbonyl (C=O) groups excluding carboxylic acids is 2. The molecule has 136 valence electrons. The molecule has 1 saturated heterocycles. The Morgan fingerprint density at radius 2 is 1.73 bits per heavy atom. The Kier molecular flexibility index (Phi) is 5.63. The van der Waals surface area contributed by atoms with Gasteiger partial charge in [0.2, 0.25) is 0 Å². The molecular weight excluding hydrogens is 333 g/mol. The number of nitrogens with zero attached hydrogens (tertiary/aromatic N) is 1. The van der Waals surface area contributed by atoms with Crippen molar-refractivity contribution in [2.75, 3.05) is 13.1 Å². The third kappa shape index (κ3) is 4.08. The standard InChI is InChI=1S/C20H22FN3O2/c21-18-4-2-1-3-17(18)20(26)24-11-9-16(10-12-24)23-19(25)15-7-5-14(13-22)6-8-15/h1-8,16H,9-13,22H2,(H,23,25). The number of benzene rings is 2. The van der Waals surface area contributed by atoms with Crippen molar-refractivity contribution >= 4 is 11.8 Å². The van der Waals surface area contributed by atoms with Crippen LogP contribution in [-0.2, 0) is 6.54 Å². The minimum absolute atomic E-state index is 0.00125. The van der Waals surface area contributed by atoms with Gasteiger partial charge in [-0.3, -0.25) is 9.59 Å². The molecule has 1 fully saturated rings. The molecular formula is C20H22FN3O2. The lowest BCUT2D eigenvalue weighted by atomic mass is 10.0. The van der Waals surface area contributed by atoms with Crippen LogP contribution >= 0.6 is 0 Å². The number of halogens is 1. The number of rotatable bonds is 4. The molecule has 3 rings (SSSR count). The first-order chi connectivity index (χ1) is 12.6. The average molecular weight is 355 g/mol. The van der Waals surface area contributed by atoms with Gasteiger partial charge in [-0.05, 0) is 42.7 Å². The molecule has 6 heteroatoms. The van der Waals surface area contributed by atoms with Gasteiger partial charge >= 0.3 is 0 Å². The van der Waals surface area contributed by atoms with E-state index in [0.29, 0.717) is 38.0 Å². The molecule has 2 aromatic rings. The Morgan fingerprint density at radius 3 is 2.35 bits per heavy atom. The van der Waals surface area contributed by atoms with Crippen molar-refractivity contribution in [3.63, 3.8) is 0 Å². The summed E-state index contributed by atoms with van der Waals surface area (Å²) < 4.78 is 13.8. The Morgan fingerprint density at radius 1 is 1.08 bits per heavy atom. The zero-order chi connectivity index (χ0) is 18.5. The van der Waals surface area contributed by atoms with Gasteiger partial charge in [0, 0.05) is 31.2 Å². The summed E-state index contributed by atoms with van der Waals surface area (Å²) >= 11 is 0. The van der Waals surface area contributed by atoms with E-state index in [0.717, 1.165) is 5.56 Å². The van der Waals surface area contributed by atoms with Crippen LogP contribution in [0.1, 0.15) is 39.1 Å². The van der Waals surface area contributed by atoms with Gasteiger partial charge in [-0.2, -0.15) is 0 Å². The van der Waals surface area contributed by atoms with Crippen LogP contribution in [0.5, 0.6) is 0 Å².